The van der Waals surface area contributed by atoms with E-state index in [9.17, 15) is 5.26 Å². The number of halogens is 1. The lowest BCUT2D eigenvalue weighted by molar-refractivity contribution is 0.0680. The van der Waals surface area contributed by atoms with Crippen LogP contribution in [0.2, 0.25) is 5.02 Å². The Kier molecular flexibility index (Phi) is 3.03. The molecule has 3 rings (SSSR count). The van der Waals surface area contributed by atoms with Crippen molar-refractivity contribution in [3.63, 3.8) is 0 Å². The Hall–Kier alpha value is -1.08. The van der Waals surface area contributed by atoms with Gasteiger partial charge in [0.2, 0.25) is 0 Å². The number of ether oxygens (including phenoxy) is 1. The normalized spacial score (nSPS) is 18.7. The minimum Gasteiger partial charge on any atom is -0.381 e. The highest BCUT2D eigenvalue weighted by Crippen LogP contribution is 2.41. The fourth-order valence-electron chi connectivity index (χ4n) is 2.53. The number of hydrogen-bond acceptors (Lipinski definition) is 3. The van der Waals surface area contributed by atoms with E-state index in [0.29, 0.717) is 13.2 Å². The molecule has 0 spiro atoms. The Labute approximate surface area is 115 Å². The lowest BCUT2D eigenvalue weighted by Gasteiger charge is -2.30. The van der Waals surface area contributed by atoms with Gasteiger partial charge in [0.1, 0.15) is 0 Å². The summed E-state index contributed by atoms with van der Waals surface area (Å²) in [6.07, 6.45) is 1.53. The summed E-state index contributed by atoms with van der Waals surface area (Å²) in [6, 6.07) is 8.40. The molecular formula is C14H12ClNOS. The quantitative estimate of drug-likeness (QED) is 0.785. The topological polar surface area (TPSA) is 33.0 Å². The molecule has 0 N–H and O–H groups in total. The van der Waals surface area contributed by atoms with Crippen LogP contribution in [0.1, 0.15) is 18.4 Å². The zero-order chi connectivity index (χ0) is 12.6. The predicted octanol–water partition coefficient (Wildman–Crippen LogP) is 4.13. The van der Waals surface area contributed by atoms with E-state index in [1.54, 1.807) is 11.3 Å². The van der Waals surface area contributed by atoms with Crippen molar-refractivity contribution >= 4 is 33.0 Å². The molecule has 0 bridgehead atoms. The Bertz CT molecular complexity index is 622. The average molecular weight is 278 g/mol. The summed E-state index contributed by atoms with van der Waals surface area (Å²) in [5.41, 5.74) is 0.720. The molecule has 0 radical (unpaired) electrons. The molecule has 92 valence electrons. The second kappa shape index (κ2) is 4.55. The highest BCUT2D eigenvalue weighted by Gasteiger charge is 2.36. The van der Waals surface area contributed by atoms with Crippen LogP contribution in [0.5, 0.6) is 0 Å². The second-order valence-corrected chi connectivity index (χ2v) is 5.94. The van der Waals surface area contributed by atoms with Gasteiger partial charge in [0.15, 0.2) is 0 Å². The molecule has 1 fully saturated rings. The maximum Gasteiger partial charge on any atom is 0.0880 e. The fourth-order valence-corrected chi connectivity index (χ4v) is 3.75. The van der Waals surface area contributed by atoms with E-state index in [4.69, 9.17) is 16.3 Å². The zero-order valence-electron chi connectivity index (χ0n) is 9.78. The average Bonchev–Trinajstić information content (AvgIpc) is 2.83. The van der Waals surface area contributed by atoms with Gasteiger partial charge in [0.25, 0.3) is 0 Å². The van der Waals surface area contributed by atoms with E-state index in [2.05, 4.69) is 11.4 Å². The van der Waals surface area contributed by atoms with Crippen LogP contribution in [0, 0.1) is 11.3 Å². The van der Waals surface area contributed by atoms with Crippen molar-refractivity contribution in [2.24, 2.45) is 0 Å². The van der Waals surface area contributed by atoms with E-state index in [-0.39, 0.29) is 0 Å². The molecule has 1 aromatic heterocycles. The van der Waals surface area contributed by atoms with Crippen LogP contribution in [-0.4, -0.2) is 13.2 Å². The zero-order valence-corrected chi connectivity index (χ0v) is 11.4. The first-order valence-corrected chi connectivity index (χ1v) is 7.17. The van der Waals surface area contributed by atoms with Crippen LogP contribution in [0.4, 0.5) is 0 Å². The Morgan fingerprint density at radius 1 is 1.33 bits per heavy atom. The Balaban J connectivity index is 2.18. The maximum atomic E-state index is 9.61. The molecule has 1 saturated heterocycles. The highest BCUT2D eigenvalue weighted by atomic mass is 35.5. The number of rotatable bonds is 1. The summed E-state index contributed by atoms with van der Waals surface area (Å²) < 4.78 is 6.58. The smallest absolute Gasteiger partial charge is 0.0880 e. The number of nitrogens with zero attached hydrogens (tertiary/aromatic N) is 1. The van der Waals surface area contributed by atoms with Crippen molar-refractivity contribution in [1.82, 2.24) is 0 Å². The van der Waals surface area contributed by atoms with Gasteiger partial charge in [0.05, 0.1) is 11.5 Å². The Morgan fingerprint density at radius 3 is 2.83 bits per heavy atom. The van der Waals surface area contributed by atoms with Gasteiger partial charge in [-0.3, -0.25) is 0 Å². The number of benzene rings is 1. The van der Waals surface area contributed by atoms with Gasteiger partial charge < -0.3 is 4.74 Å². The molecule has 2 aromatic rings. The molecule has 1 aromatic carbocycles. The summed E-state index contributed by atoms with van der Waals surface area (Å²) in [6.45, 7) is 1.32. The van der Waals surface area contributed by atoms with E-state index in [1.807, 2.05) is 18.2 Å². The Morgan fingerprint density at radius 2 is 2.11 bits per heavy atom. The van der Waals surface area contributed by atoms with Crippen LogP contribution in [0.3, 0.4) is 0 Å². The molecule has 0 atom stereocenters. The number of fused-ring (bicyclic) bond motifs is 1. The molecule has 0 aliphatic carbocycles. The van der Waals surface area contributed by atoms with Gasteiger partial charge in [-0.25, -0.2) is 0 Å². The minimum absolute atomic E-state index is 0.402. The largest absolute Gasteiger partial charge is 0.381 e. The van der Waals surface area contributed by atoms with Crippen LogP contribution < -0.4 is 0 Å². The SMILES string of the molecule is N#CC1(c2csc3ccc(Cl)cc23)CCOCC1. The van der Waals surface area contributed by atoms with E-state index in [0.717, 1.165) is 28.8 Å². The lowest BCUT2D eigenvalue weighted by Crippen LogP contribution is -2.32. The standard InChI is InChI=1S/C14H12ClNOS/c15-10-1-2-13-11(7-10)12(8-18-13)14(9-16)3-5-17-6-4-14/h1-2,7-8H,3-6H2. The van der Waals surface area contributed by atoms with Crippen molar-refractivity contribution < 1.29 is 4.74 Å². The molecule has 0 unspecified atom stereocenters. The van der Waals surface area contributed by atoms with Gasteiger partial charge in [-0.1, -0.05) is 11.6 Å². The third-order valence-corrected chi connectivity index (χ3v) is 4.81. The third-order valence-electron chi connectivity index (χ3n) is 3.61. The first-order valence-electron chi connectivity index (χ1n) is 5.91. The van der Waals surface area contributed by atoms with Crippen LogP contribution in [0.25, 0.3) is 10.1 Å². The monoisotopic (exact) mass is 277 g/mol. The molecular weight excluding hydrogens is 266 g/mol. The third kappa shape index (κ3) is 1.81. The van der Waals surface area contributed by atoms with Crippen molar-refractivity contribution in [3.05, 3.63) is 34.2 Å². The van der Waals surface area contributed by atoms with E-state index < -0.39 is 5.41 Å². The minimum atomic E-state index is -0.402. The van der Waals surface area contributed by atoms with Gasteiger partial charge in [-0.15, -0.1) is 11.3 Å². The molecule has 1 aliphatic rings. The van der Waals surface area contributed by atoms with Crippen molar-refractivity contribution in [2.45, 2.75) is 18.3 Å². The molecule has 2 heterocycles. The highest BCUT2D eigenvalue weighted by molar-refractivity contribution is 7.17. The van der Waals surface area contributed by atoms with Gasteiger partial charge >= 0.3 is 0 Å². The predicted molar refractivity (Wildman–Crippen MR) is 74.2 cm³/mol. The van der Waals surface area contributed by atoms with Gasteiger partial charge in [0, 0.05) is 22.9 Å². The molecule has 0 saturated carbocycles. The second-order valence-electron chi connectivity index (χ2n) is 4.60. The number of thiophene rings is 1. The van der Waals surface area contributed by atoms with Crippen molar-refractivity contribution in [1.29, 1.82) is 5.26 Å². The first-order chi connectivity index (χ1) is 8.75. The summed E-state index contributed by atoms with van der Waals surface area (Å²) >= 11 is 7.75. The number of hydrogen-bond donors (Lipinski definition) is 0. The van der Waals surface area contributed by atoms with Crippen LogP contribution in [0.15, 0.2) is 23.6 Å². The summed E-state index contributed by atoms with van der Waals surface area (Å²) in [5, 5.41) is 13.6. The van der Waals surface area contributed by atoms with Crippen LogP contribution in [-0.2, 0) is 10.2 Å². The van der Waals surface area contributed by atoms with Gasteiger partial charge in [-0.05, 0) is 47.4 Å². The first kappa shape index (κ1) is 12.0. The molecule has 1 aliphatic heterocycles. The molecule has 4 heteroatoms. The van der Waals surface area contributed by atoms with Gasteiger partial charge in [-0.2, -0.15) is 5.26 Å². The summed E-state index contributed by atoms with van der Waals surface area (Å²) in [5.74, 6) is 0. The molecule has 0 amide bonds. The fraction of sp³-hybridized carbons (Fsp3) is 0.357. The maximum absolute atomic E-state index is 9.61. The van der Waals surface area contributed by atoms with Crippen molar-refractivity contribution in [2.75, 3.05) is 13.2 Å². The van der Waals surface area contributed by atoms with E-state index in [1.165, 1.54) is 4.70 Å². The summed E-state index contributed by atoms with van der Waals surface area (Å²) in [4.78, 5) is 0. The summed E-state index contributed by atoms with van der Waals surface area (Å²) in [7, 11) is 0. The lowest BCUT2D eigenvalue weighted by atomic mass is 9.75. The van der Waals surface area contributed by atoms with Crippen LogP contribution >= 0.6 is 22.9 Å². The van der Waals surface area contributed by atoms with Crippen molar-refractivity contribution in [3.8, 4) is 6.07 Å². The van der Waals surface area contributed by atoms with E-state index >= 15 is 0 Å². The molecule has 18 heavy (non-hydrogen) atoms. The molecule has 2 nitrogen and oxygen atoms in total. The number of nitriles is 1.